The monoisotopic (exact) mass is 379 g/mol. The molecule has 0 unspecified atom stereocenters. The minimum absolute atomic E-state index is 0.283. The number of benzene rings is 2. The predicted molar refractivity (Wildman–Crippen MR) is 108 cm³/mol. The Balaban J connectivity index is 1.64. The third-order valence-corrected chi connectivity index (χ3v) is 5.09. The average Bonchev–Trinajstić information content (AvgIpc) is 3.30. The maximum Gasteiger partial charge on any atom is 0.288 e. The number of aromatic nitrogens is 1. The van der Waals surface area contributed by atoms with Crippen LogP contribution >= 0.6 is 22.9 Å². The number of para-hydroxylation sites is 1. The van der Waals surface area contributed by atoms with Gasteiger partial charge in [-0.05, 0) is 35.2 Å². The van der Waals surface area contributed by atoms with Crippen LogP contribution in [0.25, 0.3) is 21.3 Å². The Kier molecular flexibility index (Phi) is 4.56. The summed E-state index contributed by atoms with van der Waals surface area (Å²) in [6.45, 7) is 0. The van der Waals surface area contributed by atoms with Crippen molar-refractivity contribution in [2.75, 3.05) is 0 Å². The Morgan fingerprint density at radius 3 is 2.65 bits per heavy atom. The zero-order chi connectivity index (χ0) is 17.9. The zero-order valence-corrected chi connectivity index (χ0v) is 15.1. The average molecular weight is 380 g/mol. The number of thiophene rings is 1. The van der Waals surface area contributed by atoms with Crippen molar-refractivity contribution in [3.05, 3.63) is 82.3 Å². The molecule has 0 fully saturated rings. The van der Waals surface area contributed by atoms with E-state index in [1.165, 1.54) is 0 Å². The summed E-state index contributed by atoms with van der Waals surface area (Å²) in [5, 5.41) is 7.73. The van der Waals surface area contributed by atoms with Crippen LogP contribution in [0.15, 0.2) is 71.1 Å². The van der Waals surface area contributed by atoms with E-state index in [0.717, 1.165) is 26.9 Å². The van der Waals surface area contributed by atoms with Crippen molar-refractivity contribution < 1.29 is 4.79 Å². The number of hydrazone groups is 1. The van der Waals surface area contributed by atoms with Gasteiger partial charge in [-0.1, -0.05) is 48.0 Å². The van der Waals surface area contributed by atoms with E-state index >= 15 is 0 Å². The number of carbonyl (C=O) groups excluding carboxylic acids is 1. The van der Waals surface area contributed by atoms with Crippen LogP contribution in [-0.4, -0.2) is 17.1 Å². The topological polar surface area (TPSA) is 57.2 Å². The van der Waals surface area contributed by atoms with Crippen molar-refractivity contribution in [2.24, 2.45) is 5.10 Å². The molecule has 2 aromatic carbocycles. The van der Waals surface area contributed by atoms with Crippen molar-refractivity contribution in [1.82, 2.24) is 10.4 Å². The zero-order valence-electron chi connectivity index (χ0n) is 13.6. The fraction of sp³-hybridized carbons (Fsp3) is 0. The van der Waals surface area contributed by atoms with E-state index in [4.69, 9.17) is 11.6 Å². The van der Waals surface area contributed by atoms with Crippen LogP contribution in [-0.2, 0) is 0 Å². The van der Waals surface area contributed by atoms with Crippen molar-refractivity contribution in [2.45, 2.75) is 0 Å². The number of aromatic amines is 1. The number of carbonyl (C=O) groups is 1. The van der Waals surface area contributed by atoms with Gasteiger partial charge < -0.3 is 4.98 Å². The summed E-state index contributed by atoms with van der Waals surface area (Å²) in [5.74, 6) is -0.283. The lowest BCUT2D eigenvalue weighted by atomic mass is 10.1. The summed E-state index contributed by atoms with van der Waals surface area (Å²) in [6.07, 6.45) is 1.59. The van der Waals surface area contributed by atoms with Crippen molar-refractivity contribution in [3.8, 4) is 10.4 Å². The Hall–Kier alpha value is -2.89. The summed E-state index contributed by atoms with van der Waals surface area (Å²) < 4.78 is 0. The number of amides is 1. The third-order valence-electron chi connectivity index (χ3n) is 3.95. The van der Waals surface area contributed by atoms with Crippen LogP contribution in [0.3, 0.4) is 0 Å². The van der Waals surface area contributed by atoms with E-state index in [-0.39, 0.29) is 5.91 Å². The van der Waals surface area contributed by atoms with Crippen LogP contribution in [0, 0.1) is 0 Å². The first-order chi connectivity index (χ1) is 12.7. The molecular weight excluding hydrogens is 366 g/mol. The number of nitrogens with one attached hydrogen (secondary N) is 2. The maximum atomic E-state index is 12.7. The van der Waals surface area contributed by atoms with Crippen LogP contribution < -0.4 is 5.43 Å². The molecule has 1 amide bonds. The number of nitrogens with zero attached hydrogens (tertiary/aromatic N) is 1. The fourth-order valence-electron chi connectivity index (χ4n) is 2.76. The highest BCUT2D eigenvalue weighted by atomic mass is 35.5. The van der Waals surface area contributed by atoms with Gasteiger partial charge >= 0.3 is 0 Å². The van der Waals surface area contributed by atoms with Gasteiger partial charge in [0.1, 0.15) is 5.69 Å². The molecule has 4 aromatic rings. The lowest BCUT2D eigenvalue weighted by Crippen LogP contribution is -2.18. The second-order valence-corrected chi connectivity index (χ2v) is 7.03. The molecule has 0 spiro atoms. The quantitative estimate of drug-likeness (QED) is 0.366. The second kappa shape index (κ2) is 7.15. The van der Waals surface area contributed by atoms with Gasteiger partial charge in [-0.25, -0.2) is 5.43 Å². The van der Waals surface area contributed by atoms with Crippen LogP contribution in [0.5, 0.6) is 0 Å². The molecular formula is C20H14ClN3OS. The van der Waals surface area contributed by atoms with E-state index in [2.05, 4.69) is 15.5 Å². The minimum atomic E-state index is -0.283. The number of H-pyrrole nitrogens is 1. The van der Waals surface area contributed by atoms with Gasteiger partial charge in [-0.2, -0.15) is 5.10 Å². The molecule has 4 nitrogen and oxygen atoms in total. The lowest BCUT2D eigenvalue weighted by Gasteiger charge is -2.02. The Bertz CT molecular complexity index is 1080. The lowest BCUT2D eigenvalue weighted by molar-refractivity contribution is 0.0951. The molecule has 0 saturated carbocycles. The van der Waals surface area contributed by atoms with Gasteiger partial charge in [0.15, 0.2) is 0 Å². The molecule has 0 aliphatic rings. The largest absolute Gasteiger partial charge is 0.350 e. The molecule has 2 N–H and O–H groups in total. The molecule has 6 heteroatoms. The summed E-state index contributed by atoms with van der Waals surface area (Å²) in [5.41, 5.74) is 5.77. The van der Waals surface area contributed by atoms with Crippen molar-refractivity contribution in [1.29, 1.82) is 0 Å². The standard InChI is InChI=1S/C20H14ClN3OS/c21-14-9-7-13(8-10-14)12-22-24-20(25)19-18(17-6-3-11-26-17)15-4-1-2-5-16(15)23-19/h1-12,23H,(H,24,25)/b22-12+. The first kappa shape index (κ1) is 16.6. The highest BCUT2D eigenvalue weighted by molar-refractivity contribution is 7.13. The van der Waals surface area contributed by atoms with Gasteiger partial charge in [-0.3, -0.25) is 4.79 Å². The highest BCUT2D eigenvalue weighted by Crippen LogP contribution is 2.35. The van der Waals surface area contributed by atoms with Gasteiger partial charge in [0.2, 0.25) is 0 Å². The predicted octanol–water partition coefficient (Wildman–Crippen LogP) is 5.31. The summed E-state index contributed by atoms with van der Waals surface area (Å²) in [7, 11) is 0. The Morgan fingerprint density at radius 2 is 1.88 bits per heavy atom. The van der Waals surface area contributed by atoms with E-state index in [1.54, 1.807) is 29.7 Å². The third kappa shape index (κ3) is 3.27. The smallest absolute Gasteiger partial charge is 0.288 e. The molecule has 0 atom stereocenters. The van der Waals surface area contributed by atoms with Crippen molar-refractivity contribution in [3.63, 3.8) is 0 Å². The molecule has 2 heterocycles. The van der Waals surface area contributed by atoms with Crippen LogP contribution in [0.2, 0.25) is 5.02 Å². The van der Waals surface area contributed by atoms with Gasteiger partial charge in [-0.15, -0.1) is 11.3 Å². The summed E-state index contributed by atoms with van der Waals surface area (Å²) in [4.78, 5) is 17.0. The molecule has 128 valence electrons. The van der Waals surface area contributed by atoms with Gasteiger partial charge in [0.05, 0.1) is 6.21 Å². The first-order valence-electron chi connectivity index (χ1n) is 7.96. The van der Waals surface area contributed by atoms with E-state index in [1.807, 2.05) is 53.9 Å². The molecule has 0 bridgehead atoms. The Morgan fingerprint density at radius 1 is 1.08 bits per heavy atom. The number of hydrogen-bond acceptors (Lipinski definition) is 3. The number of hydrogen-bond donors (Lipinski definition) is 2. The van der Waals surface area contributed by atoms with E-state index in [9.17, 15) is 4.79 Å². The van der Waals surface area contributed by atoms with E-state index < -0.39 is 0 Å². The second-order valence-electron chi connectivity index (χ2n) is 5.65. The van der Waals surface area contributed by atoms with E-state index in [0.29, 0.717) is 10.7 Å². The maximum absolute atomic E-state index is 12.7. The van der Waals surface area contributed by atoms with Crippen LogP contribution in [0.1, 0.15) is 16.1 Å². The Labute approximate surface area is 159 Å². The molecule has 0 aliphatic heterocycles. The molecule has 0 aliphatic carbocycles. The molecule has 0 radical (unpaired) electrons. The summed E-state index contributed by atoms with van der Waals surface area (Å²) >= 11 is 7.46. The molecule has 26 heavy (non-hydrogen) atoms. The molecule has 0 saturated heterocycles. The van der Waals surface area contributed by atoms with Gasteiger partial charge in [0.25, 0.3) is 5.91 Å². The number of rotatable bonds is 4. The fourth-order valence-corrected chi connectivity index (χ4v) is 3.68. The van der Waals surface area contributed by atoms with Gasteiger partial charge in [0, 0.05) is 26.4 Å². The number of halogens is 1. The molecule has 2 aromatic heterocycles. The molecule has 4 rings (SSSR count). The number of fused-ring (bicyclic) bond motifs is 1. The minimum Gasteiger partial charge on any atom is -0.350 e. The SMILES string of the molecule is O=C(N/N=C/c1ccc(Cl)cc1)c1[nH]c2ccccc2c1-c1cccs1. The summed E-state index contributed by atoms with van der Waals surface area (Å²) in [6, 6.07) is 19.1. The normalized spacial score (nSPS) is 11.3. The first-order valence-corrected chi connectivity index (χ1v) is 9.22. The highest BCUT2D eigenvalue weighted by Gasteiger charge is 2.19. The van der Waals surface area contributed by atoms with Crippen LogP contribution in [0.4, 0.5) is 0 Å². The van der Waals surface area contributed by atoms with Crippen molar-refractivity contribution >= 4 is 46.0 Å².